The van der Waals surface area contributed by atoms with E-state index in [0.29, 0.717) is 47.4 Å². The first kappa shape index (κ1) is 55.2. The lowest BCUT2D eigenvalue weighted by Gasteiger charge is -2.39. The highest BCUT2D eigenvalue weighted by Crippen LogP contribution is 2.43. The van der Waals surface area contributed by atoms with Gasteiger partial charge in [0.15, 0.2) is 8.32 Å². The van der Waals surface area contributed by atoms with Gasteiger partial charge in [0, 0.05) is 51.5 Å². The molecule has 0 spiro atoms. The fourth-order valence-electron chi connectivity index (χ4n) is 8.86. The molecule has 1 aromatic heterocycles. The normalized spacial score (nSPS) is 15.3. The molecule has 2 aliphatic heterocycles. The second-order valence-corrected chi connectivity index (χ2v) is 28.6. The van der Waals surface area contributed by atoms with Crippen LogP contribution >= 0.6 is 0 Å². The van der Waals surface area contributed by atoms with E-state index in [9.17, 15) is 19.5 Å². The fraction of sp³-hybridized carbons (Fsp3) is 0.333. The van der Waals surface area contributed by atoms with Crippen molar-refractivity contribution in [2.45, 2.75) is 87.3 Å². The van der Waals surface area contributed by atoms with Gasteiger partial charge in [-0.05, 0) is 89.3 Å². The Balaban J connectivity index is 1.29. The van der Waals surface area contributed by atoms with Crippen LogP contribution in [0.1, 0.15) is 71.0 Å². The van der Waals surface area contributed by atoms with Gasteiger partial charge < -0.3 is 24.5 Å². The van der Waals surface area contributed by atoms with Crippen LogP contribution in [0.25, 0.3) is 11.4 Å². The van der Waals surface area contributed by atoms with E-state index in [2.05, 4.69) is 20.4 Å². The molecule has 3 N–H and O–H groups in total. The molecule has 2 aliphatic rings. The van der Waals surface area contributed by atoms with E-state index >= 15 is 16.8 Å². The molecule has 400 valence electrons. The van der Waals surface area contributed by atoms with Gasteiger partial charge in [0.25, 0.3) is 11.8 Å². The van der Waals surface area contributed by atoms with Gasteiger partial charge in [-0.15, -0.1) is 10.2 Å². The quantitative estimate of drug-likeness (QED) is 0.0359. The Labute approximate surface area is 444 Å². The number of hydrogen-bond donors (Lipinski definition) is 3. The largest absolute Gasteiger partial charge is 0.497 e. The molecule has 19 nitrogen and oxygen atoms in total. The van der Waals surface area contributed by atoms with Gasteiger partial charge in [0.2, 0.25) is 25.9 Å². The minimum absolute atomic E-state index is 0.00213. The van der Waals surface area contributed by atoms with Crippen LogP contribution in [0.5, 0.6) is 5.75 Å². The van der Waals surface area contributed by atoms with Crippen LogP contribution in [0.15, 0.2) is 143 Å². The molecular formula is C54H63N9O10S2Si. The lowest BCUT2D eigenvalue weighted by molar-refractivity contribution is 0.0671. The summed E-state index contributed by atoms with van der Waals surface area (Å²) in [5.41, 5.74) is 3.70. The Kier molecular flexibility index (Phi) is 16.7. The van der Waals surface area contributed by atoms with Crippen molar-refractivity contribution in [3.63, 3.8) is 0 Å². The predicted molar refractivity (Wildman–Crippen MR) is 289 cm³/mol. The number of hydrogen-bond acceptors (Lipinski definition) is 13. The molecule has 0 radical (unpaired) electrons. The highest BCUT2D eigenvalue weighted by molar-refractivity contribution is 7.92. The lowest BCUT2D eigenvalue weighted by atomic mass is 10.0. The van der Waals surface area contributed by atoms with Crippen molar-refractivity contribution in [2.75, 3.05) is 44.7 Å². The number of nitrogens with zero attached hydrogens (tertiary/aromatic N) is 7. The molecule has 1 fully saturated rings. The maximum absolute atomic E-state index is 16.2. The smallest absolute Gasteiger partial charge is 0.404 e. The topological polar surface area (TPSA) is 236 Å². The van der Waals surface area contributed by atoms with Crippen LogP contribution in [-0.2, 0) is 44.1 Å². The fourth-order valence-corrected chi connectivity index (χ4v) is 13.7. The SMILES string of the molecule is COc1ccc(Cn2nnc(-c3c(N4CCC/C(=C/CN5C(=O)c6ccccc6C5=O)C4)ccc(S(=O)(=O)NCC(CNC(=O)O)O[Si](C)(C)C(C)(C)C)c3S(=O)(=O)N(Cc3ccccc3)Cc3ccccc3)n2)cc1. The molecule has 6 aromatic rings. The Morgan fingerprint density at radius 2 is 1.43 bits per heavy atom. The van der Waals surface area contributed by atoms with Gasteiger partial charge in [-0.1, -0.05) is 117 Å². The lowest BCUT2D eigenvalue weighted by Crippen LogP contribution is -2.50. The van der Waals surface area contributed by atoms with Crippen molar-refractivity contribution < 1.29 is 45.5 Å². The summed E-state index contributed by atoms with van der Waals surface area (Å²) >= 11 is 0. The number of rotatable bonds is 21. The zero-order valence-electron chi connectivity index (χ0n) is 43.3. The van der Waals surface area contributed by atoms with Crippen LogP contribution in [0.3, 0.4) is 0 Å². The molecule has 3 amide bonds. The number of anilines is 1. The molecule has 0 bridgehead atoms. The van der Waals surface area contributed by atoms with Crippen LogP contribution in [0.4, 0.5) is 10.5 Å². The summed E-state index contributed by atoms with van der Waals surface area (Å²) in [4.78, 5) is 41.7. The van der Waals surface area contributed by atoms with Gasteiger partial charge in [-0.2, -0.15) is 9.10 Å². The summed E-state index contributed by atoms with van der Waals surface area (Å²) in [7, 11) is -10.9. The number of aromatic nitrogens is 4. The molecule has 1 atom stereocenters. The van der Waals surface area contributed by atoms with Crippen LogP contribution in [0.2, 0.25) is 18.1 Å². The van der Waals surface area contributed by atoms with Gasteiger partial charge >= 0.3 is 6.09 Å². The maximum atomic E-state index is 16.2. The summed E-state index contributed by atoms with van der Waals surface area (Å²) in [5, 5.41) is 25.3. The van der Waals surface area contributed by atoms with E-state index in [1.807, 2.05) is 69.1 Å². The van der Waals surface area contributed by atoms with Crippen molar-refractivity contribution in [1.82, 2.24) is 39.5 Å². The highest BCUT2D eigenvalue weighted by Gasteiger charge is 2.42. The second-order valence-electron chi connectivity index (χ2n) is 20.2. The number of carboxylic acid groups (broad SMARTS) is 1. The Bertz CT molecular complexity index is 3260. The zero-order valence-corrected chi connectivity index (χ0v) is 46.0. The molecule has 1 unspecified atom stereocenters. The first-order valence-electron chi connectivity index (χ1n) is 24.8. The van der Waals surface area contributed by atoms with Crippen LogP contribution in [-0.4, -0.2) is 124 Å². The number of piperidine rings is 1. The minimum atomic E-state index is -4.94. The second kappa shape index (κ2) is 23.0. The van der Waals surface area contributed by atoms with Crippen molar-refractivity contribution in [3.05, 3.63) is 161 Å². The summed E-state index contributed by atoms with van der Waals surface area (Å²) in [6, 6.07) is 34.6. The van der Waals surface area contributed by atoms with E-state index in [1.54, 1.807) is 92.0 Å². The maximum Gasteiger partial charge on any atom is 0.404 e. The molecule has 3 heterocycles. The summed E-state index contributed by atoms with van der Waals surface area (Å²) < 4.78 is 78.8. The number of methoxy groups -OCH3 is 1. The number of tetrazole rings is 1. The number of carbonyl (C=O) groups excluding carboxylic acids is 2. The van der Waals surface area contributed by atoms with Gasteiger partial charge in [-0.25, -0.2) is 26.4 Å². The van der Waals surface area contributed by atoms with Crippen molar-refractivity contribution >= 4 is 52.0 Å². The number of benzene rings is 5. The third-order valence-corrected chi connectivity index (χ3v) is 21.9. The highest BCUT2D eigenvalue weighted by atomic mass is 32.2. The number of ether oxygens (including phenoxy) is 1. The molecular weight excluding hydrogens is 1030 g/mol. The molecule has 76 heavy (non-hydrogen) atoms. The van der Waals surface area contributed by atoms with E-state index in [0.717, 1.165) is 11.1 Å². The predicted octanol–water partition coefficient (Wildman–Crippen LogP) is 7.55. The van der Waals surface area contributed by atoms with Gasteiger partial charge in [0.1, 0.15) is 15.5 Å². The molecule has 0 saturated carbocycles. The molecule has 5 aromatic carbocycles. The van der Waals surface area contributed by atoms with Crippen LogP contribution in [0, 0.1) is 0 Å². The summed E-state index contributed by atoms with van der Waals surface area (Å²) in [6.07, 6.45) is 0.688. The van der Waals surface area contributed by atoms with Gasteiger partial charge in [-0.3, -0.25) is 14.5 Å². The average Bonchev–Trinajstić information content (AvgIpc) is 3.97. The van der Waals surface area contributed by atoms with Crippen molar-refractivity contribution in [1.29, 1.82) is 0 Å². The zero-order chi connectivity index (χ0) is 54.4. The number of imide groups is 1. The summed E-state index contributed by atoms with van der Waals surface area (Å²) in [6.45, 7) is 9.61. The minimum Gasteiger partial charge on any atom is -0.497 e. The molecule has 8 rings (SSSR count). The number of fused-ring (bicyclic) bond motifs is 1. The molecule has 22 heteroatoms. The monoisotopic (exact) mass is 1090 g/mol. The number of sulfonamides is 2. The number of carbonyl (C=O) groups is 3. The van der Waals surface area contributed by atoms with Crippen LogP contribution < -0.4 is 19.7 Å². The molecule has 1 saturated heterocycles. The van der Waals surface area contributed by atoms with E-state index in [-0.39, 0.29) is 61.4 Å². The Hall–Kier alpha value is -7.08. The van der Waals surface area contributed by atoms with E-state index in [4.69, 9.17) is 14.3 Å². The molecule has 0 aliphatic carbocycles. The number of amides is 3. The Morgan fingerprint density at radius 3 is 2.01 bits per heavy atom. The van der Waals surface area contributed by atoms with Crippen molar-refractivity contribution in [3.8, 4) is 17.1 Å². The van der Waals surface area contributed by atoms with Gasteiger partial charge in [0.05, 0.1) is 36.4 Å². The standard InChI is InChI=1S/C54H63N9O10S2Si/c1-54(2,3)76(5,6)73-43(32-55-53(66)67)33-56-74(68,69)47-28-27-46(60-30-15-20-40(34-60)29-31-62-51(64)44-21-13-14-22-45(44)52(62)65)48(50-57-59-63(58-50)37-41-23-25-42(72-4)26-24-41)49(47)75(70,71)61(35-38-16-9-7-10-17-38)36-39-18-11-8-12-19-39/h7-14,16-19,21-29,43,55-56H,15,20,30-37H2,1-6H3,(H,66,67)/b40-29-. The first-order valence-corrected chi connectivity index (χ1v) is 30.7. The first-order chi connectivity index (χ1) is 36.1. The Morgan fingerprint density at radius 1 is 0.829 bits per heavy atom. The summed E-state index contributed by atoms with van der Waals surface area (Å²) in [5.74, 6) is -0.344. The van der Waals surface area contributed by atoms with E-state index < -0.39 is 68.7 Å². The van der Waals surface area contributed by atoms with E-state index in [1.165, 1.54) is 26.1 Å². The third-order valence-electron chi connectivity index (χ3n) is 13.9. The van der Waals surface area contributed by atoms with Crippen molar-refractivity contribution in [2.24, 2.45) is 0 Å². The number of nitrogens with one attached hydrogen (secondary N) is 2. The average molecular weight is 1090 g/mol. The third kappa shape index (κ3) is 12.6.